The summed E-state index contributed by atoms with van der Waals surface area (Å²) in [6, 6.07) is 0. The van der Waals surface area contributed by atoms with E-state index >= 15 is 0 Å². The van der Waals surface area contributed by atoms with Crippen molar-refractivity contribution in [2.45, 2.75) is 20.3 Å². The lowest BCUT2D eigenvalue weighted by Crippen LogP contribution is -2.29. The Balaban J connectivity index is 4.08. The largest absolute Gasteiger partial charge is 0.396 e. The Bertz CT molecular complexity index is 212. The minimum absolute atomic E-state index is 0.181. The van der Waals surface area contributed by atoms with E-state index in [4.69, 9.17) is 28.9 Å². The standard InChI is InChI=1S/C10H19ClN2OS/c1-3-13(5-4-6-14)10(15)12-8-9(2)7-11/h8-9,14H,3-7H2,1-2H3. The van der Waals surface area contributed by atoms with Crippen molar-refractivity contribution < 1.29 is 5.11 Å². The Kier molecular flexibility index (Phi) is 8.95. The van der Waals surface area contributed by atoms with Gasteiger partial charge in [0.25, 0.3) is 0 Å². The minimum atomic E-state index is 0.181. The molecule has 5 heteroatoms. The first-order valence-electron chi connectivity index (χ1n) is 5.15. The molecular formula is C10H19ClN2OS. The van der Waals surface area contributed by atoms with Crippen LogP contribution in [0, 0.1) is 5.92 Å². The monoisotopic (exact) mass is 250 g/mol. The van der Waals surface area contributed by atoms with Crippen molar-refractivity contribution in [3.63, 3.8) is 0 Å². The summed E-state index contributed by atoms with van der Waals surface area (Å²) in [6.45, 7) is 5.75. The molecule has 0 saturated heterocycles. The van der Waals surface area contributed by atoms with E-state index in [0.717, 1.165) is 13.1 Å². The molecule has 1 unspecified atom stereocenters. The summed E-state index contributed by atoms with van der Waals surface area (Å²) in [4.78, 5) is 6.15. The Morgan fingerprint density at radius 1 is 1.67 bits per heavy atom. The Morgan fingerprint density at radius 2 is 2.33 bits per heavy atom. The lowest BCUT2D eigenvalue weighted by molar-refractivity contribution is 0.269. The molecule has 0 spiro atoms. The summed E-state index contributed by atoms with van der Waals surface area (Å²) in [7, 11) is 0. The van der Waals surface area contributed by atoms with Crippen molar-refractivity contribution in [2.24, 2.45) is 10.9 Å². The van der Waals surface area contributed by atoms with Crippen LogP contribution in [0.15, 0.2) is 4.99 Å². The van der Waals surface area contributed by atoms with Crippen LogP contribution in [0.2, 0.25) is 0 Å². The second-order valence-electron chi connectivity index (χ2n) is 3.35. The van der Waals surface area contributed by atoms with Crippen LogP contribution in [0.1, 0.15) is 20.3 Å². The summed E-state index contributed by atoms with van der Waals surface area (Å²) in [5, 5.41) is 9.29. The second-order valence-corrected chi connectivity index (χ2v) is 4.02. The first kappa shape index (κ1) is 14.8. The molecule has 1 N–H and O–H groups in total. The molecule has 0 bridgehead atoms. The number of aliphatic imine (C=N–C) groups is 1. The van der Waals surface area contributed by atoms with Crippen molar-refractivity contribution in [1.29, 1.82) is 0 Å². The van der Waals surface area contributed by atoms with Crippen molar-refractivity contribution in [3.05, 3.63) is 0 Å². The first-order chi connectivity index (χ1) is 7.15. The van der Waals surface area contributed by atoms with Gasteiger partial charge in [-0.1, -0.05) is 6.92 Å². The average molecular weight is 251 g/mol. The highest BCUT2D eigenvalue weighted by atomic mass is 35.5. The highest BCUT2D eigenvalue weighted by Crippen LogP contribution is 1.98. The van der Waals surface area contributed by atoms with Crippen LogP contribution in [-0.4, -0.2) is 46.9 Å². The first-order valence-corrected chi connectivity index (χ1v) is 6.09. The fourth-order valence-corrected chi connectivity index (χ4v) is 1.32. The van der Waals surface area contributed by atoms with E-state index in [9.17, 15) is 0 Å². The van der Waals surface area contributed by atoms with Crippen molar-refractivity contribution in [3.8, 4) is 0 Å². The summed E-state index contributed by atoms with van der Waals surface area (Å²) in [6.07, 6.45) is 2.49. The lowest BCUT2D eigenvalue weighted by atomic mass is 10.2. The molecule has 0 aliphatic rings. The van der Waals surface area contributed by atoms with Gasteiger partial charge in [0.2, 0.25) is 0 Å². The van der Waals surface area contributed by atoms with Gasteiger partial charge in [-0.05, 0) is 25.6 Å². The van der Waals surface area contributed by atoms with Crippen molar-refractivity contribution in [1.82, 2.24) is 4.90 Å². The number of aliphatic hydroxyl groups excluding tert-OH is 1. The molecule has 0 amide bonds. The summed E-state index contributed by atoms with van der Waals surface area (Å²) in [5.74, 6) is 0.788. The number of aliphatic hydroxyl groups is 1. The zero-order valence-electron chi connectivity index (χ0n) is 9.32. The van der Waals surface area contributed by atoms with E-state index in [1.807, 2.05) is 18.7 Å². The molecule has 0 rings (SSSR count). The maximum absolute atomic E-state index is 8.72. The molecule has 0 aromatic carbocycles. The van der Waals surface area contributed by atoms with E-state index in [-0.39, 0.29) is 12.5 Å². The van der Waals surface area contributed by atoms with Crippen LogP contribution in [0.3, 0.4) is 0 Å². The fraction of sp³-hybridized carbons (Fsp3) is 0.800. The van der Waals surface area contributed by atoms with Gasteiger partial charge >= 0.3 is 0 Å². The molecule has 0 radical (unpaired) electrons. The molecule has 0 heterocycles. The molecule has 0 aliphatic carbocycles. The number of halogens is 1. The Morgan fingerprint density at radius 3 is 2.80 bits per heavy atom. The van der Waals surface area contributed by atoms with Gasteiger partial charge in [0.15, 0.2) is 5.11 Å². The molecule has 88 valence electrons. The number of nitrogens with zero attached hydrogens (tertiary/aromatic N) is 2. The zero-order valence-corrected chi connectivity index (χ0v) is 10.9. The van der Waals surface area contributed by atoms with Gasteiger partial charge in [-0.25, -0.2) is 4.99 Å². The molecule has 0 aromatic rings. The van der Waals surface area contributed by atoms with Gasteiger partial charge in [-0.15, -0.1) is 11.6 Å². The molecular weight excluding hydrogens is 232 g/mol. The van der Waals surface area contributed by atoms with Crippen LogP contribution >= 0.6 is 23.8 Å². The Labute approximate surface area is 102 Å². The summed E-state index contributed by atoms with van der Waals surface area (Å²) >= 11 is 10.8. The van der Waals surface area contributed by atoms with Crippen LogP contribution in [0.5, 0.6) is 0 Å². The van der Waals surface area contributed by atoms with Gasteiger partial charge in [0.05, 0.1) is 0 Å². The molecule has 0 aliphatic heterocycles. The van der Waals surface area contributed by atoms with Crippen LogP contribution < -0.4 is 0 Å². The lowest BCUT2D eigenvalue weighted by Gasteiger charge is -2.20. The van der Waals surface area contributed by atoms with E-state index in [2.05, 4.69) is 4.99 Å². The van der Waals surface area contributed by atoms with Gasteiger partial charge in [-0.2, -0.15) is 0 Å². The second kappa shape index (κ2) is 9.07. The maximum atomic E-state index is 8.72. The quantitative estimate of drug-likeness (QED) is 0.445. The number of rotatable bonds is 6. The third-order valence-corrected chi connectivity index (χ3v) is 2.77. The normalized spacial score (nSPS) is 13.1. The number of thiocarbonyl (C=S) groups is 1. The van der Waals surface area contributed by atoms with E-state index in [0.29, 0.717) is 17.4 Å². The number of hydrogen-bond donors (Lipinski definition) is 1. The third-order valence-electron chi connectivity index (χ3n) is 1.92. The molecule has 0 saturated carbocycles. The molecule has 15 heavy (non-hydrogen) atoms. The average Bonchev–Trinajstić information content (AvgIpc) is 2.26. The van der Waals surface area contributed by atoms with Crippen LogP contribution in [0.25, 0.3) is 0 Å². The van der Waals surface area contributed by atoms with Crippen LogP contribution in [0.4, 0.5) is 0 Å². The molecule has 0 fully saturated rings. The van der Waals surface area contributed by atoms with Crippen LogP contribution in [-0.2, 0) is 0 Å². The summed E-state index contributed by atoms with van der Waals surface area (Å²) < 4.78 is 0. The number of hydrogen-bond acceptors (Lipinski definition) is 2. The van der Waals surface area contributed by atoms with Gasteiger partial charge in [-0.3, -0.25) is 0 Å². The predicted molar refractivity (Wildman–Crippen MR) is 69.9 cm³/mol. The fourth-order valence-electron chi connectivity index (χ4n) is 0.963. The zero-order chi connectivity index (χ0) is 11.7. The van der Waals surface area contributed by atoms with Crippen molar-refractivity contribution >= 4 is 35.1 Å². The van der Waals surface area contributed by atoms with E-state index in [1.54, 1.807) is 6.21 Å². The van der Waals surface area contributed by atoms with Gasteiger partial charge < -0.3 is 10.0 Å². The SMILES string of the molecule is CCN(CCCO)C(=S)N=CC(C)CCl. The molecule has 0 aromatic heterocycles. The highest BCUT2D eigenvalue weighted by molar-refractivity contribution is 7.80. The topological polar surface area (TPSA) is 35.8 Å². The maximum Gasteiger partial charge on any atom is 0.195 e. The Hall–Kier alpha value is -0.190. The van der Waals surface area contributed by atoms with Gasteiger partial charge in [0, 0.05) is 37.7 Å². The molecule has 1 atom stereocenters. The molecule has 3 nitrogen and oxygen atoms in total. The van der Waals surface area contributed by atoms with E-state index < -0.39 is 0 Å². The smallest absolute Gasteiger partial charge is 0.195 e. The summed E-state index contributed by atoms with van der Waals surface area (Å²) in [5.41, 5.74) is 0. The number of alkyl halides is 1. The predicted octanol–water partition coefficient (Wildman–Crippen LogP) is 1.92. The van der Waals surface area contributed by atoms with Gasteiger partial charge in [0.1, 0.15) is 0 Å². The van der Waals surface area contributed by atoms with E-state index in [1.165, 1.54) is 0 Å². The third kappa shape index (κ3) is 6.82. The van der Waals surface area contributed by atoms with Crippen molar-refractivity contribution in [2.75, 3.05) is 25.6 Å². The highest BCUT2D eigenvalue weighted by Gasteiger charge is 2.05. The minimum Gasteiger partial charge on any atom is -0.396 e.